The maximum atomic E-state index is 10.6. The molecule has 2 heteroatoms. The highest BCUT2D eigenvalue weighted by Gasteiger charge is 2.53. The summed E-state index contributed by atoms with van der Waals surface area (Å²) in [4.78, 5) is 1.35. The zero-order chi connectivity index (χ0) is 9.60. The van der Waals surface area contributed by atoms with Crippen molar-refractivity contribution in [1.29, 1.82) is 0 Å². The van der Waals surface area contributed by atoms with Gasteiger partial charge >= 0.3 is 0 Å². The zero-order valence-corrected chi connectivity index (χ0v) is 9.09. The van der Waals surface area contributed by atoms with Gasteiger partial charge in [-0.3, -0.25) is 0 Å². The van der Waals surface area contributed by atoms with Crippen molar-refractivity contribution in [3.8, 4) is 0 Å². The predicted molar refractivity (Wildman–Crippen MR) is 58.4 cm³/mol. The minimum atomic E-state index is -0.353. The van der Waals surface area contributed by atoms with Crippen molar-refractivity contribution >= 4 is 11.3 Å². The highest BCUT2D eigenvalue weighted by molar-refractivity contribution is 7.09. The average Bonchev–Trinajstić information content (AvgIpc) is 2.80. The molecule has 76 valence electrons. The molecule has 14 heavy (non-hydrogen) atoms. The van der Waals surface area contributed by atoms with Crippen molar-refractivity contribution < 1.29 is 5.11 Å². The van der Waals surface area contributed by atoms with Crippen LogP contribution < -0.4 is 0 Å². The third kappa shape index (κ3) is 1.41. The summed E-state index contributed by atoms with van der Waals surface area (Å²) in [5.74, 6) is 1.48. The van der Waals surface area contributed by atoms with Crippen molar-refractivity contribution in [3.63, 3.8) is 0 Å². The van der Waals surface area contributed by atoms with E-state index in [2.05, 4.69) is 17.5 Å². The first kappa shape index (κ1) is 8.93. The lowest BCUT2D eigenvalue weighted by Crippen LogP contribution is -2.36. The molecular weight excluding hydrogens is 192 g/mol. The SMILES string of the molecule is OC1(Cc2cccs2)CCCC2CC21. The number of hydrogen-bond acceptors (Lipinski definition) is 2. The Balaban J connectivity index is 1.76. The molecule has 0 bridgehead atoms. The van der Waals surface area contributed by atoms with Crippen LogP contribution in [-0.2, 0) is 6.42 Å². The van der Waals surface area contributed by atoms with Crippen LogP contribution in [0.5, 0.6) is 0 Å². The van der Waals surface area contributed by atoms with Crippen LogP contribution in [-0.4, -0.2) is 10.7 Å². The van der Waals surface area contributed by atoms with E-state index in [4.69, 9.17) is 0 Å². The van der Waals surface area contributed by atoms with Gasteiger partial charge in [-0.1, -0.05) is 12.5 Å². The largest absolute Gasteiger partial charge is 0.389 e. The van der Waals surface area contributed by atoms with Gasteiger partial charge < -0.3 is 5.11 Å². The highest BCUT2D eigenvalue weighted by atomic mass is 32.1. The number of fused-ring (bicyclic) bond motifs is 1. The molecule has 2 aliphatic carbocycles. The molecule has 1 N–H and O–H groups in total. The Bertz CT molecular complexity index is 319. The van der Waals surface area contributed by atoms with Gasteiger partial charge in [0.2, 0.25) is 0 Å². The molecular formula is C12H16OS. The van der Waals surface area contributed by atoms with Crippen molar-refractivity contribution in [2.24, 2.45) is 11.8 Å². The maximum absolute atomic E-state index is 10.6. The van der Waals surface area contributed by atoms with Crippen LogP contribution in [0.1, 0.15) is 30.6 Å². The molecule has 0 spiro atoms. The first-order chi connectivity index (χ1) is 6.78. The van der Waals surface area contributed by atoms with E-state index in [0.717, 1.165) is 18.8 Å². The van der Waals surface area contributed by atoms with E-state index in [1.165, 1.54) is 24.1 Å². The van der Waals surface area contributed by atoms with Gasteiger partial charge in [0, 0.05) is 11.3 Å². The van der Waals surface area contributed by atoms with Crippen molar-refractivity contribution in [3.05, 3.63) is 22.4 Å². The number of thiophene rings is 1. The quantitative estimate of drug-likeness (QED) is 0.792. The van der Waals surface area contributed by atoms with Crippen LogP contribution in [0.3, 0.4) is 0 Å². The minimum absolute atomic E-state index is 0.353. The second kappa shape index (κ2) is 3.07. The lowest BCUT2D eigenvalue weighted by molar-refractivity contribution is -0.00968. The summed E-state index contributed by atoms with van der Waals surface area (Å²) in [6.45, 7) is 0. The number of rotatable bonds is 2. The third-order valence-corrected chi connectivity index (χ3v) is 4.73. The summed E-state index contributed by atoms with van der Waals surface area (Å²) in [7, 11) is 0. The summed E-state index contributed by atoms with van der Waals surface area (Å²) < 4.78 is 0. The topological polar surface area (TPSA) is 20.2 Å². The molecule has 1 aromatic rings. The van der Waals surface area contributed by atoms with E-state index < -0.39 is 0 Å². The van der Waals surface area contributed by atoms with Gasteiger partial charge in [-0.05, 0) is 42.5 Å². The van der Waals surface area contributed by atoms with Crippen molar-refractivity contribution in [2.45, 2.75) is 37.7 Å². The molecule has 0 aromatic carbocycles. The first-order valence-corrected chi connectivity index (χ1v) is 6.41. The molecule has 3 unspecified atom stereocenters. The Morgan fingerprint density at radius 1 is 1.57 bits per heavy atom. The van der Waals surface area contributed by atoms with E-state index >= 15 is 0 Å². The van der Waals surface area contributed by atoms with Gasteiger partial charge in [0.25, 0.3) is 0 Å². The van der Waals surface area contributed by atoms with Crippen molar-refractivity contribution in [1.82, 2.24) is 0 Å². The fourth-order valence-electron chi connectivity index (χ4n) is 3.01. The van der Waals surface area contributed by atoms with Gasteiger partial charge in [-0.2, -0.15) is 0 Å². The normalized spacial score (nSPS) is 40.6. The van der Waals surface area contributed by atoms with Crippen LogP contribution in [0.25, 0.3) is 0 Å². The highest BCUT2D eigenvalue weighted by Crippen LogP contribution is 2.55. The Morgan fingerprint density at radius 3 is 3.29 bits per heavy atom. The molecule has 2 fully saturated rings. The van der Waals surface area contributed by atoms with Crippen LogP contribution in [0.2, 0.25) is 0 Å². The Kier molecular flexibility index (Phi) is 1.96. The molecule has 3 atom stereocenters. The minimum Gasteiger partial charge on any atom is -0.389 e. The van der Waals surface area contributed by atoms with E-state index in [0.29, 0.717) is 5.92 Å². The monoisotopic (exact) mass is 208 g/mol. The summed E-state index contributed by atoms with van der Waals surface area (Å²) in [5.41, 5.74) is -0.353. The van der Waals surface area contributed by atoms with E-state index in [1.54, 1.807) is 11.3 Å². The molecule has 0 saturated heterocycles. The average molecular weight is 208 g/mol. The third-order valence-electron chi connectivity index (χ3n) is 3.86. The van der Waals surface area contributed by atoms with Crippen LogP contribution >= 0.6 is 11.3 Å². The standard InChI is InChI=1S/C12H16OS/c13-12(8-10-4-2-6-14-10)5-1-3-9-7-11(9)12/h2,4,6,9,11,13H,1,3,5,7-8H2. The molecule has 3 rings (SSSR count). The smallest absolute Gasteiger partial charge is 0.0726 e. The van der Waals surface area contributed by atoms with Crippen molar-refractivity contribution in [2.75, 3.05) is 0 Å². The Morgan fingerprint density at radius 2 is 2.50 bits per heavy atom. The second-order valence-electron chi connectivity index (χ2n) is 4.85. The fourth-order valence-corrected chi connectivity index (χ4v) is 3.84. The van der Waals surface area contributed by atoms with E-state index in [-0.39, 0.29) is 5.60 Å². The van der Waals surface area contributed by atoms with Crippen LogP contribution in [0, 0.1) is 11.8 Å². The number of aliphatic hydroxyl groups is 1. The zero-order valence-electron chi connectivity index (χ0n) is 8.28. The lowest BCUT2D eigenvalue weighted by Gasteiger charge is -2.31. The molecule has 1 heterocycles. The summed E-state index contributed by atoms with van der Waals surface area (Å²) in [6.07, 6.45) is 5.78. The molecule has 2 aliphatic rings. The summed E-state index contributed by atoms with van der Waals surface area (Å²) >= 11 is 1.78. The van der Waals surface area contributed by atoms with Gasteiger partial charge in [-0.15, -0.1) is 11.3 Å². The molecule has 0 radical (unpaired) electrons. The Labute approximate surface area is 88.8 Å². The van der Waals surface area contributed by atoms with Crippen LogP contribution in [0.4, 0.5) is 0 Å². The van der Waals surface area contributed by atoms with Crippen LogP contribution in [0.15, 0.2) is 17.5 Å². The van der Waals surface area contributed by atoms with E-state index in [1.807, 2.05) is 0 Å². The van der Waals surface area contributed by atoms with Gasteiger partial charge in [0.05, 0.1) is 5.60 Å². The van der Waals surface area contributed by atoms with E-state index in [9.17, 15) is 5.11 Å². The van der Waals surface area contributed by atoms with Gasteiger partial charge in [-0.25, -0.2) is 0 Å². The second-order valence-corrected chi connectivity index (χ2v) is 5.89. The molecule has 2 saturated carbocycles. The summed E-state index contributed by atoms with van der Waals surface area (Å²) in [6, 6.07) is 4.23. The molecule has 0 aliphatic heterocycles. The maximum Gasteiger partial charge on any atom is 0.0726 e. The van der Waals surface area contributed by atoms with Gasteiger partial charge in [0.15, 0.2) is 0 Å². The fraction of sp³-hybridized carbons (Fsp3) is 0.667. The first-order valence-electron chi connectivity index (χ1n) is 5.53. The number of hydrogen-bond donors (Lipinski definition) is 1. The Hall–Kier alpha value is -0.340. The lowest BCUT2D eigenvalue weighted by atomic mass is 9.82. The summed E-state index contributed by atoms with van der Waals surface area (Å²) in [5, 5.41) is 12.7. The predicted octanol–water partition coefficient (Wildman–Crippen LogP) is 2.84. The van der Waals surface area contributed by atoms with Gasteiger partial charge in [0.1, 0.15) is 0 Å². The molecule has 1 aromatic heterocycles. The molecule has 0 amide bonds. The molecule has 1 nitrogen and oxygen atoms in total.